The van der Waals surface area contributed by atoms with Crippen LogP contribution >= 0.6 is 0 Å². The first-order valence-corrected chi connectivity index (χ1v) is 9.05. The Bertz CT molecular complexity index is 888. The highest BCUT2D eigenvalue weighted by Crippen LogP contribution is 2.34. The van der Waals surface area contributed by atoms with Crippen LogP contribution in [0.25, 0.3) is 6.08 Å². The smallest absolute Gasteiger partial charge is 0.244 e. The molecule has 1 aliphatic rings. The number of hydrogen-bond donors (Lipinski definition) is 1. The van der Waals surface area contributed by atoms with E-state index in [1.165, 1.54) is 6.08 Å². The molecule has 0 atom stereocenters. The maximum atomic E-state index is 12.5. The fourth-order valence-corrected chi connectivity index (χ4v) is 2.98. The van der Waals surface area contributed by atoms with E-state index in [0.717, 1.165) is 16.9 Å². The lowest BCUT2D eigenvalue weighted by molar-refractivity contribution is -0.118. The van der Waals surface area contributed by atoms with Gasteiger partial charge in [0.25, 0.3) is 0 Å². The fraction of sp³-hybridized carbons (Fsp3) is 0.318. The molecule has 0 saturated carbocycles. The van der Waals surface area contributed by atoms with E-state index >= 15 is 0 Å². The first-order chi connectivity index (χ1) is 13.4. The molecule has 1 aliphatic heterocycles. The number of carbonyl (C=O) groups is 1. The molecular formula is C22H25NO5. The second-order valence-electron chi connectivity index (χ2n) is 6.92. The molecule has 0 spiro atoms. The van der Waals surface area contributed by atoms with Crippen molar-refractivity contribution in [2.24, 2.45) is 0 Å². The Morgan fingerprint density at radius 2 is 1.71 bits per heavy atom. The molecule has 0 aliphatic carbocycles. The Balaban J connectivity index is 1.70. The van der Waals surface area contributed by atoms with Gasteiger partial charge in [-0.2, -0.15) is 0 Å². The topological polar surface area (TPSA) is 66.0 Å². The average molecular weight is 383 g/mol. The maximum Gasteiger partial charge on any atom is 0.244 e. The Morgan fingerprint density at radius 1 is 1.00 bits per heavy atom. The van der Waals surface area contributed by atoms with Crippen LogP contribution in [-0.4, -0.2) is 33.3 Å². The van der Waals surface area contributed by atoms with Crippen LogP contribution in [0.1, 0.15) is 25.0 Å². The van der Waals surface area contributed by atoms with Gasteiger partial charge in [0.05, 0.1) is 19.8 Å². The van der Waals surface area contributed by atoms with Crippen LogP contribution in [0.15, 0.2) is 42.5 Å². The molecule has 0 saturated heterocycles. The predicted octanol–water partition coefficient (Wildman–Crippen LogP) is 3.54. The molecule has 1 heterocycles. The van der Waals surface area contributed by atoms with Gasteiger partial charge >= 0.3 is 0 Å². The summed E-state index contributed by atoms with van der Waals surface area (Å²) in [4.78, 5) is 12.5. The molecule has 1 amide bonds. The monoisotopic (exact) mass is 383 g/mol. The van der Waals surface area contributed by atoms with Gasteiger partial charge in [-0.3, -0.25) is 4.79 Å². The number of nitrogens with one attached hydrogen (secondary N) is 1. The normalized spacial score (nSPS) is 13.3. The second-order valence-corrected chi connectivity index (χ2v) is 6.92. The van der Waals surface area contributed by atoms with Crippen LogP contribution in [0.3, 0.4) is 0 Å². The molecule has 0 fully saturated rings. The van der Waals surface area contributed by atoms with Crippen molar-refractivity contribution in [2.45, 2.75) is 19.4 Å². The predicted molar refractivity (Wildman–Crippen MR) is 107 cm³/mol. The summed E-state index contributed by atoms with van der Waals surface area (Å²) in [6, 6.07) is 11.2. The minimum atomic E-state index is -0.575. The minimum absolute atomic E-state index is 0.199. The van der Waals surface area contributed by atoms with E-state index in [1.807, 2.05) is 44.2 Å². The largest absolute Gasteiger partial charge is 0.493 e. The Morgan fingerprint density at radius 3 is 2.43 bits per heavy atom. The number of methoxy groups -OCH3 is 2. The van der Waals surface area contributed by atoms with Gasteiger partial charge in [0.2, 0.25) is 5.91 Å². The first kappa shape index (κ1) is 19.6. The van der Waals surface area contributed by atoms with Crippen LogP contribution in [0, 0.1) is 0 Å². The molecule has 6 heteroatoms. The molecule has 2 aromatic rings. The van der Waals surface area contributed by atoms with E-state index in [9.17, 15) is 4.79 Å². The third-order valence-corrected chi connectivity index (χ3v) is 4.53. The quantitative estimate of drug-likeness (QED) is 0.773. The third kappa shape index (κ3) is 4.39. The number of amides is 1. The van der Waals surface area contributed by atoms with Crippen molar-refractivity contribution in [3.05, 3.63) is 53.6 Å². The number of rotatable bonds is 6. The van der Waals surface area contributed by atoms with Crippen LogP contribution < -0.4 is 24.3 Å². The van der Waals surface area contributed by atoms with Gasteiger partial charge in [-0.25, -0.2) is 0 Å². The highest BCUT2D eigenvalue weighted by molar-refractivity contribution is 5.92. The summed E-state index contributed by atoms with van der Waals surface area (Å²) in [5.74, 6) is 2.48. The zero-order chi connectivity index (χ0) is 20.1. The molecule has 6 nitrogen and oxygen atoms in total. The maximum absolute atomic E-state index is 12.5. The van der Waals surface area contributed by atoms with Gasteiger partial charge in [-0.15, -0.1) is 0 Å². The Kier molecular flexibility index (Phi) is 5.78. The van der Waals surface area contributed by atoms with E-state index < -0.39 is 5.54 Å². The van der Waals surface area contributed by atoms with Crippen molar-refractivity contribution in [3.8, 4) is 23.0 Å². The summed E-state index contributed by atoms with van der Waals surface area (Å²) >= 11 is 0. The van der Waals surface area contributed by atoms with E-state index in [0.29, 0.717) is 30.5 Å². The van der Waals surface area contributed by atoms with Gasteiger partial charge in [0, 0.05) is 6.08 Å². The van der Waals surface area contributed by atoms with Gasteiger partial charge in [0.1, 0.15) is 13.2 Å². The molecule has 0 bridgehead atoms. The lowest BCUT2D eigenvalue weighted by Gasteiger charge is -2.28. The summed E-state index contributed by atoms with van der Waals surface area (Å²) in [7, 11) is 3.16. The summed E-state index contributed by atoms with van der Waals surface area (Å²) in [6.45, 7) is 4.96. The van der Waals surface area contributed by atoms with Crippen LogP contribution in [-0.2, 0) is 10.3 Å². The average Bonchev–Trinajstić information content (AvgIpc) is 2.71. The van der Waals surface area contributed by atoms with Crippen molar-refractivity contribution in [1.82, 2.24) is 5.32 Å². The minimum Gasteiger partial charge on any atom is -0.493 e. The van der Waals surface area contributed by atoms with E-state index in [2.05, 4.69) is 5.32 Å². The Hall–Kier alpha value is -3.15. The summed E-state index contributed by atoms with van der Waals surface area (Å²) < 4.78 is 21.7. The van der Waals surface area contributed by atoms with Crippen LogP contribution in [0.5, 0.6) is 23.0 Å². The van der Waals surface area contributed by atoms with Crippen molar-refractivity contribution in [1.29, 1.82) is 0 Å². The highest BCUT2D eigenvalue weighted by atomic mass is 16.6. The second kappa shape index (κ2) is 8.25. The molecule has 3 rings (SSSR count). The summed E-state index contributed by atoms with van der Waals surface area (Å²) in [6.07, 6.45) is 3.23. The number of carbonyl (C=O) groups excluding carboxylic acids is 1. The fourth-order valence-electron chi connectivity index (χ4n) is 2.98. The molecule has 1 N–H and O–H groups in total. The lowest BCUT2D eigenvalue weighted by Crippen LogP contribution is -2.40. The number of benzene rings is 2. The zero-order valence-corrected chi connectivity index (χ0v) is 16.6. The van der Waals surface area contributed by atoms with E-state index in [4.69, 9.17) is 18.9 Å². The van der Waals surface area contributed by atoms with Crippen LogP contribution in [0.2, 0.25) is 0 Å². The van der Waals surface area contributed by atoms with Gasteiger partial charge < -0.3 is 24.3 Å². The molecule has 0 unspecified atom stereocenters. The number of fused-ring (bicyclic) bond motifs is 1. The van der Waals surface area contributed by atoms with E-state index in [1.54, 1.807) is 26.4 Å². The van der Waals surface area contributed by atoms with Crippen molar-refractivity contribution < 1.29 is 23.7 Å². The highest BCUT2D eigenvalue weighted by Gasteiger charge is 2.24. The number of ether oxygens (including phenoxy) is 4. The third-order valence-electron chi connectivity index (χ3n) is 4.53. The van der Waals surface area contributed by atoms with Crippen molar-refractivity contribution in [2.75, 3.05) is 27.4 Å². The van der Waals surface area contributed by atoms with Gasteiger partial charge in [0.15, 0.2) is 23.0 Å². The molecule has 0 aromatic heterocycles. The van der Waals surface area contributed by atoms with Gasteiger partial charge in [-0.05, 0) is 55.3 Å². The van der Waals surface area contributed by atoms with E-state index in [-0.39, 0.29) is 5.91 Å². The zero-order valence-electron chi connectivity index (χ0n) is 16.6. The Labute approximate surface area is 165 Å². The molecule has 0 radical (unpaired) electrons. The lowest BCUT2D eigenvalue weighted by atomic mass is 9.93. The van der Waals surface area contributed by atoms with Crippen molar-refractivity contribution in [3.63, 3.8) is 0 Å². The molecule has 28 heavy (non-hydrogen) atoms. The number of hydrogen-bond acceptors (Lipinski definition) is 5. The van der Waals surface area contributed by atoms with Crippen LogP contribution in [0.4, 0.5) is 0 Å². The standard InChI is InChI=1S/C22H25NO5/c1-22(2,16-7-9-18-20(14-16)28-12-11-27-18)23-21(24)10-6-15-5-8-17(25-3)19(13-15)26-4/h5-10,13-14H,11-12H2,1-4H3,(H,23,24)/b10-6+. The molecule has 2 aromatic carbocycles. The first-order valence-electron chi connectivity index (χ1n) is 9.05. The molecule has 148 valence electrons. The SMILES string of the molecule is COc1ccc(/C=C/C(=O)NC(C)(C)c2ccc3c(c2)OCCO3)cc1OC. The van der Waals surface area contributed by atoms with Gasteiger partial charge in [-0.1, -0.05) is 12.1 Å². The summed E-state index contributed by atoms with van der Waals surface area (Å²) in [5, 5.41) is 3.02. The molecular weight excluding hydrogens is 358 g/mol. The summed E-state index contributed by atoms with van der Waals surface area (Å²) in [5.41, 5.74) is 1.20. The van der Waals surface area contributed by atoms with Crippen molar-refractivity contribution >= 4 is 12.0 Å².